The van der Waals surface area contributed by atoms with E-state index in [4.69, 9.17) is 0 Å². The molecule has 1 aromatic heterocycles. The van der Waals surface area contributed by atoms with Gasteiger partial charge in [0.25, 0.3) is 0 Å². The van der Waals surface area contributed by atoms with Gasteiger partial charge in [-0.05, 0) is 42.3 Å². The third kappa shape index (κ3) is 4.48. The van der Waals surface area contributed by atoms with Crippen LogP contribution in [-0.4, -0.2) is 28.6 Å². The topological polar surface area (TPSA) is 75.2 Å². The van der Waals surface area contributed by atoms with Gasteiger partial charge in [-0.3, -0.25) is 9.59 Å². The van der Waals surface area contributed by atoms with Crippen molar-refractivity contribution in [2.75, 3.05) is 16.8 Å². The van der Waals surface area contributed by atoms with E-state index in [2.05, 4.69) is 15.5 Å². The molecule has 1 fully saturated rings. The average Bonchev–Trinajstić information content (AvgIpc) is 3.30. The molecule has 0 saturated carbocycles. The number of nitrogens with zero attached hydrogens (tertiary/aromatic N) is 3. The molecule has 1 atom stereocenters. The molecule has 1 unspecified atom stereocenters. The number of nitrogens with one attached hydrogen (secondary N) is 1. The molecule has 1 aliphatic heterocycles. The Kier molecular flexibility index (Phi) is 5.35. The van der Waals surface area contributed by atoms with Crippen LogP contribution >= 0.6 is 11.3 Å². The monoisotopic (exact) mass is 410 g/mol. The number of halogens is 1. The molecule has 2 heterocycles. The Morgan fingerprint density at radius 2 is 2.03 bits per heavy atom. The second-order valence-corrected chi connectivity index (χ2v) is 8.05. The van der Waals surface area contributed by atoms with Gasteiger partial charge in [0.05, 0.1) is 6.42 Å². The maximum Gasteiger partial charge on any atom is 0.230 e. The lowest BCUT2D eigenvalue weighted by Gasteiger charge is -2.16. The van der Waals surface area contributed by atoms with Crippen LogP contribution in [0.1, 0.15) is 28.5 Å². The fraction of sp³-hybridized carbons (Fsp3) is 0.238. The smallest absolute Gasteiger partial charge is 0.230 e. The quantitative estimate of drug-likeness (QED) is 0.696. The number of rotatable bonds is 5. The van der Waals surface area contributed by atoms with Gasteiger partial charge in [0.1, 0.15) is 10.8 Å². The first-order chi connectivity index (χ1) is 14.0. The van der Waals surface area contributed by atoms with Crippen LogP contribution in [0.2, 0.25) is 0 Å². The lowest BCUT2D eigenvalue weighted by Crippen LogP contribution is -2.24. The van der Waals surface area contributed by atoms with Crippen molar-refractivity contribution in [1.29, 1.82) is 0 Å². The van der Waals surface area contributed by atoms with Crippen molar-refractivity contribution < 1.29 is 14.0 Å². The minimum absolute atomic E-state index is 0.0525. The Bertz CT molecular complexity index is 1050. The van der Waals surface area contributed by atoms with E-state index in [1.165, 1.54) is 23.5 Å². The van der Waals surface area contributed by atoms with Gasteiger partial charge >= 0.3 is 0 Å². The molecular weight excluding hydrogens is 391 g/mol. The number of anilines is 2. The van der Waals surface area contributed by atoms with Crippen molar-refractivity contribution in [3.63, 3.8) is 0 Å². The highest BCUT2D eigenvalue weighted by Crippen LogP contribution is 2.34. The van der Waals surface area contributed by atoms with Crippen molar-refractivity contribution in [1.82, 2.24) is 10.2 Å². The summed E-state index contributed by atoms with van der Waals surface area (Å²) in [5.41, 5.74) is 2.69. The van der Waals surface area contributed by atoms with Gasteiger partial charge in [-0.15, -0.1) is 10.2 Å². The molecule has 29 heavy (non-hydrogen) atoms. The Labute approximate surface area is 171 Å². The molecule has 2 amide bonds. The van der Waals surface area contributed by atoms with E-state index in [0.29, 0.717) is 23.7 Å². The molecule has 4 rings (SSSR count). The number of carbonyl (C=O) groups excluding carboxylic acids is 2. The van der Waals surface area contributed by atoms with E-state index in [9.17, 15) is 14.0 Å². The summed E-state index contributed by atoms with van der Waals surface area (Å²) in [6, 6.07) is 13.6. The van der Waals surface area contributed by atoms with E-state index in [1.807, 2.05) is 31.2 Å². The molecular formula is C21H19FN4O2S. The lowest BCUT2D eigenvalue weighted by atomic mass is 10.1. The zero-order valence-electron chi connectivity index (χ0n) is 15.8. The summed E-state index contributed by atoms with van der Waals surface area (Å²) in [5.74, 6) is -0.585. The maximum absolute atomic E-state index is 13.0. The van der Waals surface area contributed by atoms with Gasteiger partial charge in [-0.25, -0.2) is 4.39 Å². The van der Waals surface area contributed by atoms with Crippen molar-refractivity contribution in [3.05, 3.63) is 70.5 Å². The van der Waals surface area contributed by atoms with E-state index in [1.54, 1.807) is 17.0 Å². The van der Waals surface area contributed by atoms with Gasteiger partial charge < -0.3 is 10.2 Å². The number of amides is 2. The standard InChI is InChI=1S/C21H19FN4O2S/c1-13-3-2-4-17(9-13)26-12-15(11-19(26)28)20-24-25-21(29-20)23-18(27)10-14-5-7-16(22)8-6-14/h2-9,15H,10-12H2,1H3,(H,23,25,27). The first-order valence-corrected chi connectivity index (χ1v) is 10.0. The summed E-state index contributed by atoms with van der Waals surface area (Å²) < 4.78 is 13.0. The number of hydrogen-bond donors (Lipinski definition) is 1. The minimum atomic E-state index is -0.339. The van der Waals surface area contributed by atoms with Crippen LogP contribution in [0.3, 0.4) is 0 Å². The predicted octanol–water partition coefficient (Wildman–Crippen LogP) is 3.69. The van der Waals surface area contributed by atoms with Gasteiger partial charge in [0, 0.05) is 24.6 Å². The van der Waals surface area contributed by atoms with E-state index in [0.717, 1.165) is 16.3 Å². The average molecular weight is 410 g/mol. The van der Waals surface area contributed by atoms with Crippen LogP contribution in [-0.2, 0) is 16.0 Å². The van der Waals surface area contributed by atoms with Crippen LogP contribution in [0.25, 0.3) is 0 Å². The zero-order valence-corrected chi connectivity index (χ0v) is 16.6. The zero-order chi connectivity index (χ0) is 20.4. The highest BCUT2D eigenvalue weighted by molar-refractivity contribution is 7.15. The van der Waals surface area contributed by atoms with Crippen LogP contribution in [0.15, 0.2) is 48.5 Å². The Morgan fingerprint density at radius 3 is 2.79 bits per heavy atom. The van der Waals surface area contributed by atoms with Crippen molar-refractivity contribution >= 4 is 34.0 Å². The molecule has 2 aromatic carbocycles. The second kappa shape index (κ2) is 8.08. The third-order valence-corrected chi connectivity index (χ3v) is 5.75. The van der Waals surface area contributed by atoms with Crippen molar-refractivity contribution in [2.24, 2.45) is 0 Å². The SMILES string of the molecule is Cc1cccc(N2CC(c3nnc(NC(=O)Cc4ccc(F)cc4)s3)CC2=O)c1. The molecule has 0 bridgehead atoms. The Morgan fingerprint density at radius 1 is 1.24 bits per heavy atom. The summed E-state index contributed by atoms with van der Waals surface area (Å²) >= 11 is 1.28. The molecule has 148 valence electrons. The normalized spacial score (nSPS) is 16.3. The summed E-state index contributed by atoms with van der Waals surface area (Å²) in [6.45, 7) is 2.54. The van der Waals surface area contributed by atoms with Gasteiger partial charge in [0.15, 0.2) is 0 Å². The molecule has 1 saturated heterocycles. The Balaban J connectivity index is 1.39. The van der Waals surface area contributed by atoms with Gasteiger partial charge in [-0.2, -0.15) is 0 Å². The molecule has 0 aliphatic carbocycles. The third-order valence-electron chi connectivity index (χ3n) is 4.75. The predicted molar refractivity (Wildman–Crippen MR) is 110 cm³/mol. The number of benzene rings is 2. The fourth-order valence-corrected chi connectivity index (χ4v) is 4.17. The fourth-order valence-electron chi connectivity index (χ4n) is 3.32. The summed E-state index contributed by atoms with van der Waals surface area (Å²) in [6.07, 6.45) is 0.490. The largest absolute Gasteiger partial charge is 0.312 e. The molecule has 8 heteroatoms. The number of carbonyl (C=O) groups is 2. The second-order valence-electron chi connectivity index (χ2n) is 7.04. The summed E-state index contributed by atoms with van der Waals surface area (Å²) in [5, 5.41) is 12.1. The summed E-state index contributed by atoms with van der Waals surface area (Å²) in [4.78, 5) is 26.4. The van der Waals surface area contributed by atoms with Crippen LogP contribution < -0.4 is 10.2 Å². The summed E-state index contributed by atoms with van der Waals surface area (Å²) in [7, 11) is 0. The molecule has 0 spiro atoms. The van der Waals surface area contributed by atoms with Crippen LogP contribution in [0, 0.1) is 12.7 Å². The first kappa shape index (κ1) is 19.2. The Hall–Kier alpha value is -3.13. The van der Waals surface area contributed by atoms with Gasteiger partial charge in [0.2, 0.25) is 16.9 Å². The van der Waals surface area contributed by atoms with E-state index < -0.39 is 0 Å². The number of aromatic nitrogens is 2. The van der Waals surface area contributed by atoms with Gasteiger partial charge in [-0.1, -0.05) is 35.6 Å². The van der Waals surface area contributed by atoms with Crippen molar-refractivity contribution in [3.8, 4) is 0 Å². The molecule has 1 N–H and O–H groups in total. The van der Waals surface area contributed by atoms with Crippen molar-refractivity contribution in [2.45, 2.75) is 25.7 Å². The molecule has 1 aliphatic rings. The highest BCUT2D eigenvalue weighted by atomic mass is 32.1. The van der Waals surface area contributed by atoms with E-state index >= 15 is 0 Å². The van der Waals surface area contributed by atoms with Crippen LogP contribution in [0.4, 0.5) is 15.2 Å². The number of hydrogen-bond acceptors (Lipinski definition) is 5. The minimum Gasteiger partial charge on any atom is -0.312 e. The molecule has 3 aromatic rings. The number of aryl methyl sites for hydroxylation is 1. The first-order valence-electron chi connectivity index (χ1n) is 9.22. The maximum atomic E-state index is 13.0. The van der Waals surface area contributed by atoms with E-state index in [-0.39, 0.29) is 30.0 Å². The highest BCUT2D eigenvalue weighted by Gasteiger charge is 2.34. The lowest BCUT2D eigenvalue weighted by molar-refractivity contribution is -0.117. The molecule has 6 nitrogen and oxygen atoms in total. The van der Waals surface area contributed by atoms with Crippen LogP contribution in [0.5, 0.6) is 0 Å². The molecule has 0 radical (unpaired) electrons.